The minimum absolute atomic E-state index is 0.0326. The van der Waals surface area contributed by atoms with Crippen LogP contribution in [-0.2, 0) is 53.0 Å². The van der Waals surface area contributed by atoms with Gasteiger partial charge in [-0.05, 0) is 16.7 Å². The Kier molecular flexibility index (Phi) is 9.53. The van der Waals surface area contributed by atoms with Crippen molar-refractivity contribution >= 4 is 5.78 Å². The van der Waals surface area contributed by atoms with Crippen LogP contribution in [0.25, 0.3) is 0 Å². The quantitative estimate of drug-likeness (QED) is 0.346. The summed E-state index contributed by atoms with van der Waals surface area (Å²) in [6, 6.07) is 29.8. The number of benzene rings is 3. The molecule has 3 aromatic carbocycles. The van der Waals surface area contributed by atoms with Gasteiger partial charge >= 0.3 is 0 Å². The van der Waals surface area contributed by atoms with Crippen LogP contribution in [-0.4, -0.2) is 49.7 Å². The molecule has 2 aliphatic rings. The van der Waals surface area contributed by atoms with E-state index >= 15 is 0 Å². The summed E-state index contributed by atoms with van der Waals surface area (Å²) >= 11 is 0. The molecule has 0 amide bonds. The highest BCUT2D eigenvalue weighted by Crippen LogP contribution is 2.34. The first kappa shape index (κ1) is 27.2. The van der Waals surface area contributed by atoms with Gasteiger partial charge in [0.05, 0.1) is 32.5 Å². The maximum absolute atomic E-state index is 12.3. The molecule has 0 aliphatic carbocycles. The van der Waals surface area contributed by atoms with Gasteiger partial charge in [0.1, 0.15) is 30.5 Å². The van der Waals surface area contributed by atoms with Crippen molar-refractivity contribution in [1.82, 2.24) is 0 Å². The first-order valence-corrected chi connectivity index (χ1v) is 13.2. The number of allylic oxidation sites excluding steroid dienone is 1. The van der Waals surface area contributed by atoms with Crippen LogP contribution in [0.15, 0.2) is 103 Å². The molecule has 1 saturated heterocycles. The normalized spacial score (nSPS) is 26.7. The van der Waals surface area contributed by atoms with Crippen LogP contribution in [0.2, 0.25) is 0 Å². The van der Waals surface area contributed by atoms with Crippen LogP contribution in [0.5, 0.6) is 0 Å². The Labute approximate surface area is 229 Å². The topological polar surface area (TPSA) is 72.5 Å². The molecule has 2 heterocycles. The van der Waals surface area contributed by atoms with Crippen LogP contribution >= 0.6 is 0 Å². The molecule has 0 spiro atoms. The summed E-state index contributed by atoms with van der Waals surface area (Å²) in [6.07, 6.45) is -0.717. The zero-order valence-electron chi connectivity index (χ0n) is 22.0. The molecule has 6 atom stereocenters. The molecule has 204 valence electrons. The highest BCUT2D eigenvalue weighted by atomic mass is 16.7. The minimum Gasteiger partial charge on any atom is -0.495 e. The van der Waals surface area contributed by atoms with Gasteiger partial charge in [0, 0.05) is 13.2 Å². The van der Waals surface area contributed by atoms with Gasteiger partial charge in [0.15, 0.2) is 12.1 Å². The molecular formula is C32H34O7. The number of rotatable bonds is 11. The summed E-state index contributed by atoms with van der Waals surface area (Å²) in [5.41, 5.74) is 3.05. The van der Waals surface area contributed by atoms with E-state index in [-0.39, 0.29) is 12.2 Å². The average Bonchev–Trinajstić information content (AvgIpc) is 2.99. The highest BCUT2D eigenvalue weighted by molar-refractivity contribution is 5.90. The second-order valence-corrected chi connectivity index (χ2v) is 9.64. The summed E-state index contributed by atoms with van der Waals surface area (Å²) in [5, 5.41) is 0. The van der Waals surface area contributed by atoms with Crippen molar-refractivity contribution in [2.45, 2.75) is 63.1 Å². The Balaban J connectivity index is 1.45. The van der Waals surface area contributed by atoms with Crippen molar-refractivity contribution in [3.05, 3.63) is 120 Å². The van der Waals surface area contributed by atoms with E-state index in [1.165, 1.54) is 12.3 Å². The number of methoxy groups -OCH3 is 1. The SMILES string of the molecule is CO[C@H]1O[C@H](C2CC(=O)C=CO2)[C@@H](OCc2ccccc2)[C@H](OCc2ccccc2)[C@@H]1OCc1ccccc1. The van der Waals surface area contributed by atoms with Crippen molar-refractivity contribution in [2.75, 3.05) is 7.11 Å². The van der Waals surface area contributed by atoms with Crippen molar-refractivity contribution in [1.29, 1.82) is 0 Å². The van der Waals surface area contributed by atoms with E-state index in [1.54, 1.807) is 7.11 Å². The van der Waals surface area contributed by atoms with Gasteiger partial charge in [-0.3, -0.25) is 4.79 Å². The minimum atomic E-state index is -0.763. The lowest BCUT2D eigenvalue weighted by Gasteiger charge is -2.47. The summed E-state index contributed by atoms with van der Waals surface area (Å²) in [5.74, 6) is -0.0326. The molecule has 2 aliphatic heterocycles. The van der Waals surface area contributed by atoms with Gasteiger partial charge in [-0.1, -0.05) is 91.0 Å². The highest BCUT2D eigenvalue weighted by Gasteiger charge is 2.52. The predicted molar refractivity (Wildman–Crippen MR) is 144 cm³/mol. The third-order valence-electron chi connectivity index (χ3n) is 6.90. The Morgan fingerprint density at radius 3 is 1.67 bits per heavy atom. The number of carbonyl (C=O) groups is 1. The maximum Gasteiger partial charge on any atom is 0.186 e. The maximum atomic E-state index is 12.3. The van der Waals surface area contributed by atoms with Crippen molar-refractivity contribution < 1.29 is 33.2 Å². The monoisotopic (exact) mass is 530 g/mol. The lowest BCUT2D eigenvalue weighted by molar-refractivity contribution is -0.329. The lowest BCUT2D eigenvalue weighted by Crippen LogP contribution is -2.63. The molecule has 0 bridgehead atoms. The van der Waals surface area contributed by atoms with E-state index in [0.717, 1.165) is 16.7 Å². The van der Waals surface area contributed by atoms with Crippen LogP contribution in [0.1, 0.15) is 23.1 Å². The summed E-state index contributed by atoms with van der Waals surface area (Å²) in [7, 11) is 1.58. The Morgan fingerprint density at radius 1 is 0.692 bits per heavy atom. The van der Waals surface area contributed by atoms with Crippen molar-refractivity contribution in [2.24, 2.45) is 0 Å². The van der Waals surface area contributed by atoms with Gasteiger partial charge < -0.3 is 28.4 Å². The van der Waals surface area contributed by atoms with Gasteiger partial charge in [-0.15, -0.1) is 0 Å². The van der Waals surface area contributed by atoms with Gasteiger partial charge in [-0.2, -0.15) is 0 Å². The Bertz CT molecular complexity index is 1180. The summed E-state index contributed by atoms with van der Waals surface area (Å²) in [6.45, 7) is 1.02. The molecule has 1 fully saturated rings. The summed E-state index contributed by atoms with van der Waals surface area (Å²) < 4.78 is 37.7. The van der Waals surface area contributed by atoms with E-state index < -0.39 is 36.8 Å². The predicted octanol–water partition coefficient (Wildman–Crippen LogP) is 4.99. The van der Waals surface area contributed by atoms with E-state index in [4.69, 9.17) is 28.4 Å². The van der Waals surface area contributed by atoms with Gasteiger partial charge in [0.2, 0.25) is 0 Å². The van der Waals surface area contributed by atoms with Crippen LogP contribution in [0, 0.1) is 0 Å². The number of ether oxygens (including phenoxy) is 6. The Hall–Kier alpha value is -3.33. The molecule has 7 heteroatoms. The number of carbonyl (C=O) groups excluding carboxylic acids is 1. The van der Waals surface area contributed by atoms with E-state index in [0.29, 0.717) is 19.8 Å². The van der Waals surface area contributed by atoms with Crippen molar-refractivity contribution in [3.63, 3.8) is 0 Å². The second kappa shape index (κ2) is 13.6. The van der Waals surface area contributed by atoms with E-state index in [1.807, 2.05) is 91.0 Å². The second-order valence-electron chi connectivity index (χ2n) is 9.64. The molecule has 0 N–H and O–H groups in total. The zero-order chi connectivity index (χ0) is 26.9. The lowest BCUT2D eigenvalue weighted by atomic mass is 9.91. The Morgan fingerprint density at radius 2 is 1.18 bits per heavy atom. The third kappa shape index (κ3) is 7.20. The van der Waals surface area contributed by atoms with Crippen LogP contribution < -0.4 is 0 Å². The largest absolute Gasteiger partial charge is 0.495 e. The fourth-order valence-corrected chi connectivity index (χ4v) is 4.90. The molecule has 39 heavy (non-hydrogen) atoms. The first-order valence-electron chi connectivity index (χ1n) is 13.2. The molecule has 7 nitrogen and oxygen atoms in total. The fraction of sp³-hybridized carbons (Fsp3) is 0.344. The molecule has 1 unspecified atom stereocenters. The van der Waals surface area contributed by atoms with E-state index in [2.05, 4.69) is 0 Å². The number of hydrogen-bond acceptors (Lipinski definition) is 7. The van der Waals surface area contributed by atoms with Crippen LogP contribution in [0.4, 0.5) is 0 Å². The van der Waals surface area contributed by atoms with Crippen LogP contribution in [0.3, 0.4) is 0 Å². The molecular weight excluding hydrogens is 496 g/mol. The smallest absolute Gasteiger partial charge is 0.186 e. The average molecular weight is 531 g/mol. The fourth-order valence-electron chi connectivity index (χ4n) is 4.90. The molecule has 3 aromatic rings. The molecule has 0 aromatic heterocycles. The molecule has 0 saturated carbocycles. The van der Waals surface area contributed by atoms with Gasteiger partial charge in [0.25, 0.3) is 0 Å². The molecule has 5 rings (SSSR count). The first-order chi connectivity index (χ1) is 19.2. The van der Waals surface area contributed by atoms with E-state index in [9.17, 15) is 4.79 Å². The molecule has 0 radical (unpaired) electrons. The standard InChI is InChI=1S/C32H34O7/c1-34-32-31(38-22-25-15-9-4-10-16-25)30(37-21-24-13-7-3-8-14-24)29(36-20-23-11-5-2-6-12-23)28(39-32)27-19-26(33)17-18-35-27/h2-18,27-32H,19-22H2,1H3/t27?,28-,29-,30+,31+,32+/m1/s1. The number of hydrogen-bond donors (Lipinski definition) is 0. The number of ketones is 1. The van der Waals surface area contributed by atoms with Gasteiger partial charge in [-0.25, -0.2) is 0 Å². The summed E-state index contributed by atoms with van der Waals surface area (Å²) in [4.78, 5) is 12.3. The third-order valence-corrected chi connectivity index (χ3v) is 6.90. The zero-order valence-corrected chi connectivity index (χ0v) is 22.0. The van der Waals surface area contributed by atoms with Crippen molar-refractivity contribution in [3.8, 4) is 0 Å².